The number of hydrogen-bond acceptors (Lipinski definition) is 2. The minimum Gasteiger partial charge on any atom is -0.508 e. The zero-order chi connectivity index (χ0) is 11.8. The van der Waals surface area contributed by atoms with Crippen molar-refractivity contribution >= 4 is 12.4 Å². The number of likely N-dealkylation sites (tertiary alicyclic amines) is 1. The maximum atomic E-state index is 9.93. The van der Waals surface area contributed by atoms with Crippen LogP contribution in [0.25, 0.3) is 0 Å². The van der Waals surface area contributed by atoms with Crippen molar-refractivity contribution in [3.05, 3.63) is 29.3 Å². The highest BCUT2D eigenvalue weighted by atomic mass is 35.5. The van der Waals surface area contributed by atoms with Crippen LogP contribution in [0.3, 0.4) is 0 Å². The van der Waals surface area contributed by atoms with Crippen molar-refractivity contribution in [2.45, 2.75) is 44.6 Å². The van der Waals surface area contributed by atoms with Gasteiger partial charge in [-0.2, -0.15) is 0 Å². The van der Waals surface area contributed by atoms with Crippen molar-refractivity contribution < 1.29 is 5.11 Å². The molecule has 1 heterocycles. The molecular formula is C15H22ClNO. The number of hydrogen-bond donors (Lipinski definition) is 1. The van der Waals surface area contributed by atoms with Crippen LogP contribution in [0.4, 0.5) is 0 Å². The second-order valence-electron chi connectivity index (χ2n) is 5.38. The first-order chi connectivity index (χ1) is 8.31. The van der Waals surface area contributed by atoms with E-state index in [1.807, 2.05) is 12.1 Å². The molecule has 2 nitrogen and oxygen atoms in total. The third kappa shape index (κ3) is 2.12. The molecule has 3 heteroatoms. The number of halogens is 1. The first-order valence-electron chi connectivity index (χ1n) is 6.86. The van der Waals surface area contributed by atoms with E-state index < -0.39 is 0 Å². The van der Waals surface area contributed by atoms with Gasteiger partial charge in [-0.25, -0.2) is 0 Å². The predicted octanol–water partition coefficient (Wildman–Crippen LogP) is 3.33. The fraction of sp³-hybridized carbons (Fsp3) is 0.600. The van der Waals surface area contributed by atoms with Crippen molar-refractivity contribution in [1.29, 1.82) is 0 Å². The fourth-order valence-corrected chi connectivity index (χ4v) is 3.73. The molecule has 1 aliphatic carbocycles. The number of rotatable bonds is 2. The van der Waals surface area contributed by atoms with Gasteiger partial charge in [0.2, 0.25) is 0 Å². The molecule has 2 unspecified atom stereocenters. The maximum absolute atomic E-state index is 9.93. The van der Waals surface area contributed by atoms with Crippen LogP contribution in [0, 0.1) is 0 Å². The molecule has 0 radical (unpaired) electrons. The van der Waals surface area contributed by atoms with Gasteiger partial charge in [-0.1, -0.05) is 19.1 Å². The molecule has 18 heavy (non-hydrogen) atoms. The second kappa shape index (κ2) is 5.50. The van der Waals surface area contributed by atoms with Crippen LogP contribution in [-0.2, 0) is 6.42 Å². The van der Waals surface area contributed by atoms with E-state index >= 15 is 0 Å². The lowest BCUT2D eigenvalue weighted by molar-refractivity contribution is 0.226. The van der Waals surface area contributed by atoms with E-state index in [4.69, 9.17) is 0 Å². The molecule has 0 saturated carbocycles. The Bertz CT molecular complexity index is 421. The van der Waals surface area contributed by atoms with Crippen molar-refractivity contribution in [2.24, 2.45) is 0 Å². The normalized spacial score (nSPS) is 26.3. The van der Waals surface area contributed by atoms with Crippen LogP contribution in [0.15, 0.2) is 18.2 Å². The predicted molar refractivity (Wildman–Crippen MR) is 76.7 cm³/mol. The van der Waals surface area contributed by atoms with Gasteiger partial charge >= 0.3 is 0 Å². The Morgan fingerprint density at radius 2 is 2.17 bits per heavy atom. The van der Waals surface area contributed by atoms with Crippen molar-refractivity contribution in [1.82, 2.24) is 4.90 Å². The zero-order valence-corrected chi connectivity index (χ0v) is 11.7. The summed E-state index contributed by atoms with van der Waals surface area (Å²) < 4.78 is 0. The molecule has 0 spiro atoms. The Labute approximate surface area is 115 Å². The van der Waals surface area contributed by atoms with E-state index in [9.17, 15) is 5.11 Å². The molecule has 2 aliphatic rings. The summed E-state index contributed by atoms with van der Waals surface area (Å²) in [7, 11) is 0. The summed E-state index contributed by atoms with van der Waals surface area (Å²) in [6, 6.07) is 6.78. The molecule has 1 aromatic carbocycles. The van der Waals surface area contributed by atoms with Crippen LogP contribution in [0.1, 0.15) is 43.2 Å². The number of aromatic hydroxyl groups is 1. The Balaban J connectivity index is 0.00000120. The third-order valence-corrected chi connectivity index (χ3v) is 4.45. The fourth-order valence-electron chi connectivity index (χ4n) is 3.73. The first-order valence-corrected chi connectivity index (χ1v) is 6.86. The standard InChI is InChI=1S/C15H21NO.ClH/c1-2-9-16-10-8-12-11-4-3-5-15(17)13(11)6-7-14(12)16;/h3-5,12,14,17H,2,6-10H2,1H3;1H. The second-order valence-corrected chi connectivity index (χ2v) is 5.38. The van der Waals surface area contributed by atoms with E-state index in [-0.39, 0.29) is 12.4 Å². The number of phenolic OH excluding ortho intramolecular Hbond substituents is 1. The number of phenols is 1. The molecule has 3 rings (SSSR count). The van der Waals surface area contributed by atoms with Gasteiger partial charge in [0.25, 0.3) is 0 Å². The molecule has 1 fully saturated rings. The molecule has 2 atom stereocenters. The Hall–Kier alpha value is -0.730. The van der Waals surface area contributed by atoms with Gasteiger partial charge in [0.1, 0.15) is 5.75 Å². The molecule has 0 amide bonds. The third-order valence-electron chi connectivity index (χ3n) is 4.45. The monoisotopic (exact) mass is 267 g/mol. The highest BCUT2D eigenvalue weighted by Gasteiger charge is 2.38. The minimum atomic E-state index is 0. The summed E-state index contributed by atoms with van der Waals surface area (Å²) in [6.07, 6.45) is 4.77. The lowest BCUT2D eigenvalue weighted by atomic mass is 9.79. The highest BCUT2D eigenvalue weighted by molar-refractivity contribution is 5.85. The summed E-state index contributed by atoms with van der Waals surface area (Å²) in [5.41, 5.74) is 2.63. The van der Waals surface area contributed by atoms with E-state index in [1.54, 1.807) is 0 Å². The highest BCUT2D eigenvalue weighted by Crippen LogP contribution is 2.43. The quantitative estimate of drug-likeness (QED) is 0.889. The molecule has 1 N–H and O–H groups in total. The van der Waals surface area contributed by atoms with Crippen LogP contribution >= 0.6 is 12.4 Å². The van der Waals surface area contributed by atoms with E-state index in [2.05, 4.69) is 17.9 Å². The summed E-state index contributed by atoms with van der Waals surface area (Å²) >= 11 is 0. The average Bonchev–Trinajstić information content (AvgIpc) is 2.74. The van der Waals surface area contributed by atoms with Gasteiger partial charge < -0.3 is 5.11 Å². The van der Waals surface area contributed by atoms with Crippen LogP contribution < -0.4 is 0 Å². The lowest BCUT2D eigenvalue weighted by Crippen LogP contribution is -2.35. The Morgan fingerprint density at radius 3 is 2.94 bits per heavy atom. The molecule has 0 aromatic heterocycles. The van der Waals surface area contributed by atoms with E-state index in [0.29, 0.717) is 11.7 Å². The summed E-state index contributed by atoms with van der Waals surface area (Å²) in [4.78, 5) is 2.65. The number of nitrogens with zero attached hydrogens (tertiary/aromatic N) is 1. The topological polar surface area (TPSA) is 23.5 Å². The molecular weight excluding hydrogens is 246 g/mol. The Morgan fingerprint density at radius 1 is 1.33 bits per heavy atom. The van der Waals surface area contributed by atoms with Crippen molar-refractivity contribution in [3.8, 4) is 5.75 Å². The van der Waals surface area contributed by atoms with E-state index in [0.717, 1.165) is 12.5 Å². The summed E-state index contributed by atoms with van der Waals surface area (Å²) in [5.74, 6) is 1.17. The van der Waals surface area contributed by atoms with Gasteiger partial charge in [0.05, 0.1) is 0 Å². The molecule has 1 saturated heterocycles. The van der Waals surface area contributed by atoms with Crippen molar-refractivity contribution in [3.63, 3.8) is 0 Å². The Kier molecular flexibility index (Phi) is 4.18. The van der Waals surface area contributed by atoms with Gasteiger partial charge in [0.15, 0.2) is 0 Å². The van der Waals surface area contributed by atoms with Gasteiger partial charge in [0, 0.05) is 12.0 Å². The molecule has 0 bridgehead atoms. The summed E-state index contributed by atoms with van der Waals surface area (Å²) in [5, 5.41) is 9.93. The van der Waals surface area contributed by atoms with Gasteiger partial charge in [-0.15, -0.1) is 12.4 Å². The molecule has 1 aromatic rings. The van der Waals surface area contributed by atoms with E-state index in [1.165, 1.54) is 43.5 Å². The zero-order valence-electron chi connectivity index (χ0n) is 10.9. The van der Waals surface area contributed by atoms with Crippen LogP contribution in [-0.4, -0.2) is 29.1 Å². The van der Waals surface area contributed by atoms with Crippen LogP contribution in [0.2, 0.25) is 0 Å². The first kappa shape index (κ1) is 13.7. The number of benzene rings is 1. The smallest absolute Gasteiger partial charge is 0.119 e. The lowest BCUT2D eigenvalue weighted by Gasteiger charge is -2.33. The average molecular weight is 268 g/mol. The number of fused-ring (bicyclic) bond motifs is 3. The SMILES string of the molecule is CCCN1CCC2c3cccc(O)c3CCC21.Cl. The molecule has 1 aliphatic heterocycles. The van der Waals surface area contributed by atoms with Gasteiger partial charge in [-0.3, -0.25) is 4.90 Å². The maximum Gasteiger partial charge on any atom is 0.119 e. The summed E-state index contributed by atoms with van der Waals surface area (Å²) in [6.45, 7) is 4.73. The van der Waals surface area contributed by atoms with Crippen LogP contribution in [0.5, 0.6) is 5.75 Å². The van der Waals surface area contributed by atoms with Crippen molar-refractivity contribution in [2.75, 3.05) is 13.1 Å². The minimum absolute atomic E-state index is 0. The largest absolute Gasteiger partial charge is 0.508 e. The van der Waals surface area contributed by atoms with Gasteiger partial charge in [-0.05, 0) is 56.0 Å². The molecule has 100 valence electrons.